The largest absolute Gasteiger partial charge is 0.495 e. The standard InChI is InChI=1S/C15H12BrCl2IO/c1-8-4-3-5-10(14(8)19)13(18)11-6-9(17)7-12(16)15(11)20-2/h3-7,13H,1-2H3. The van der Waals surface area contributed by atoms with Gasteiger partial charge in [-0.1, -0.05) is 29.8 Å². The molecule has 1 nitrogen and oxygen atoms in total. The highest BCUT2D eigenvalue weighted by atomic mass is 127. The van der Waals surface area contributed by atoms with Crippen molar-refractivity contribution >= 4 is 61.7 Å². The molecule has 20 heavy (non-hydrogen) atoms. The molecule has 0 aromatic heterocycles. The van der Waals surface area contributed by atoms with E-state index in [0.29, 0.717) is 10.8 Å². The molecule has 0 aliphatic rings. The third-order valence-electron chi connectivity index (χ3n) is 3.01. The Balaban J connectivity index is 2.58. The zero-order valence-corrected chi connectivity index (χ0v) is 16.1. The second-order valence-corrected chi connectivity index (χ2v) is 7.16. The van der Waals surface area contributed by atoms with Crippen molar-refractivity contribution in [3.05, 3.63) is 60.1 Å². The highest BCUT2D eigenvalue weighted by Gasteiger charge is 2.21. The zero-order chi connectivity index (χ0) is 14.9. The van der Waals surface area contributed by atoms with Crippen molar-refractivity contribution in [2.24, 2.45) is 0 Å². The van der Waals surface area contributed by atoms with E-state index in [2.05, 4.69) is 51.5 Å². The minimum Gasteiger partial charge on any atom is -0.495 e. The van der Waals surface area contributed by atoms with Crippen LogP contribution in [-0.4, -0.2) is 7.11 Å². The van der Waals surface area contributed by atoms with Gasteiger partial charge in [0.1, 0.15) is 5.75 Å². The summed E-state index contributed by atoms with van der Waals surface area (Å²) in [5.41, 5.74) is 3.12. The average molecular weight is 486 g/mol. The van der Waals surface area contributed by atoms with Crippen molar-refractivity contribution in [1.29, 1.82) is 0 Å². The monoisotopic (exact) mass is 484 g/mol. The van der Waals surface area contributed by atoms with E-state index in [1.54, 1.807) is 13.2 Å². The van der Waals surface area contributed by atoms with Crippen LogP contribution in [0.3, 0.4) is 0 Å². The third kappa shape index (κ3) is 3.26. The summed E-state index contributed by atoms with van der Waals surface area (Å²) in [6.07, 6.45) is 0. The molecule has 0 aliphatic heterocycles. The molecule has 0 radical (unpaired) electrons. The Morgan fingerprint density at radius 3 is 2.60 bits per heavy atom. The fourth-order valence-electron chi connectivity index (χ4n) is 2.02. The van der Waals surface area contributed by atoms with Gasteiger partial charge < -0.3 is 4.74 Å². The summed E-state index contributed by atoms with van der Waals surface area (Å²) >= 11 is 18.6. The van der Waals surface area contributed by atoms with E-state index in [1.165, 1.54) is 5.56 Å². The van der Waals surface area contributed by atoms with Gasteiger partial charge in [0.15, 0.2) is 0 Å². The second-order valence-electron chi connectivity index (χ2n) is 4.35. The summed E-state index contributed by atoms with van der Waals surface area (Å²) in [6.45, 7) is 2.07. The molecule has 2 aromatic rings. The molecule has 0 amide bonds. The third-order valence-corrected chi connectivity index (χ3v) is 5.76. The van der Waals surface area contributed by atoms with Crippen LogP contribution in [0.15, 0.2) is 34.8 Å². The van der Waals surface area contributed by atoms with E-state index in [9.17, 15) is 0 Å². The smallest absolute Gasteiger partial charge is 0.138 e. The van der Waals surface area contributed by atoms with Gasteiger partial charge in [0.05, 0.1) is 17.0 Å². The van der Waals surface area contributed by atoms with Crippen LogP contribution in [0, 0.1) is 10.5 Å². The van der Waals surface area contributed by atoms with Crippen LogP contribution < -0.4 is 4.74 Å². The van der Waals surface area contributed by atoms with Gasteiger partial charge >= 0.3 is 0 Å². The molecule has 5 heteroatoms. The molecular weight excluding hydrogens is 474 g/mol. The molecule has 0 fully saturated rings. The van der Waals surface area contributed by atoms with Crippen molar-refractivity contribution in [3.8, 4) is 5.75 Å². The Kier molecular flexibility index (Phi) is 5.63. The highest BCUT2D eigenvalue weighted by Crippen LogP contribution is 2.42. The number of benzene rings is 2. The fraction of sp³-hybridized carbons (Fsp3) is 0.200. The van der Waals surface area contributed by atoms with Gasteiger partial charge in [-0.25, -0.2) is 0 Å². The van der Waals surface area contributed by atoms with Crippen molar-refractivity contribution in [3.63, 3.8) is 0 Å². The first-order valence-corrected chi connectivity index (χ1v) is 8.56. The second kappa shape index (κ2) is 6.86. The van der Waals surface area contributed by atoms with Crippen LogP contribution in [0.5, 0.6) is 5.75 Å². The van der Waals surface area contributed by atoms with Gasteiger partial charge in [-0.15, -0.1) is 11.6 Å². The first-order chi connectivity index (χ1) is 9.45. The van der Waals surface area contributed by atoms with Crippen molar-refractivity contribution in [2.75, 3.05) is 7.11 Å². The van der Waals surface area contributed by atoms with Gasteiger partial charge in [0, 0.05) is 14.2 Å². The zero-order valence-electron chi connectivity index (χ0n) is 10.9. The molecular formula is C15H12BrCl2IO. The van der Waals surface area contributed by atoms with Crippen LogP contribution in [0.2, 0.25) is 5.02 Å². The van der Waals surface area contributed by atoms with E-state index >= 15 is 0 Å². The molecule has 0 aliphatic carbocycles. The Labute approximate surface area is 150 Å². The van der Waals surface area contributed by atoms with Gasteiger partial charge in [-0.2, -0.15) is 0 Å². The summed E-state index contributed by atoms with van der Waals surface area (Å²) in [5.74, 6) is 0.715. The molecule has 2 rings (SSSR count). The number of aryl methyl sites for hydroxylation is 1. The maximum Gasteiger partial charge on any atom is 0.138 e. The van der Waals surface area contributed by atoms with Crippen molar-refractivity contribution in [1.82, 2.24) is 0 Å². The maximum atomic E-state index is 6.67. The first-order valence-electron chi connectivity index (χ1n) is 5.87. The molecule has 0 saturated heterocycles. The number of halogens is 4. The molecule has 0 N–H and O–H groups in total. The molecule has 106 valence electrons. The molecule has 0 heterocycles. The van der Waals surface area contributed by atoms with E-state index in [4.69, 9.17) is 27.9 Å². The molecule has 0 bridgehead atoms. The Morgan fingerprint density at radius 1 is 1.25 bits per heavy atom. The summed E-state index contributed by atoms with van der Waals surface area (Å²) < 4.78 is 7.41. The molecule has 1 atom stereocenters. The van der Waals surface area contributed by atoms with Gasteiger partial charge in [0.2, 0.25) is 0 Å². The van der Waals surface area contributed by atoms with E-state index < -0.39 is 0 Å². The number of rotatable bonds is 3. The maximum absolute atomic E-state index is 6.67. The van der Waals surface area contributed by atoms with Crippen LogP contribution >= 0.6 is 61.7 Å². The molecule has 2 aromatic carbocycles. The lowest BCUT2D eigenvalue weighted by Crippen LogP contribution is -2.01. The SMILES string of the molecule is COc1c(Br)cc(Cl)cc1C(Cl)c1cccc(C)c1I. The van der Waals surface area contributed by atoms with Gasteiger partial charge in [-0.05, 0) is 68.7 Å². The summed E-state index contributed by atoms with van der Waals surface area (Å²) in [7, 11) is 1.63. The Bertz CT molecular complexity index is 646. The molecule has 0 saturated carbocycles. The number of methoxy groups -OCH3 is 1. The van der Waals surface area contributed by atoms with Crippen LogP contribution in [0.25, 0.3) is 0 Å². The fourth-order valence-corrected chi connectivity index (χ4v) is 4.21. The number of alkyl halides is 1. The van der Waals surface area contributed by atoms with Crippen LogP contribution in [0.4, 0.5) is 0 Å². The number of ether oxygens (including phenoxy) is 1. The summed E-state index contributed by atoms with van der Waals surface area (Å²) in [5, 5.41) is 0.313. The molecule has 0 spiro atoms. The van der Waals surface area contributed by atoms with Crippen LogP contribution in [0.1, 0.15) is 22.1 Å². The lowest BCUT2D eigenvalue weighted by Gasteiger charge is -2.18. The van der Waals surface area contributed by atoms with Crippen molar-refractivity contribution in [2.45, 2.75) is 12.3 Å². The summed E-state index contributed by atoms with van der Waals surface area (Å²) in [4.78, 5) is 0. The lowest BCUT2D eigenvalue weighted by atomic mass is 10.0. The Hall–Kier alpha value is 0.0300. The number of hydrogen-bond acceptors (Lipinski definition) is 1. The minimum atomic E-state index is -0.313. The van der Waals surface area contributed by atoms with E-state index in [0.717, 1.165) is 19.2 Å². The van der Waals surface area contributed by atoms with Crippen LogP contribution in [-0.2, 0) is 0 Å². The predicted octanol–water partition coefficient (Wildman–Crippen LogP) is 6.35. The topological polar surface area (TPSA) is 9.23 Å². The van der Waals surface area contributed by atoms with Crippen molar-refractivity contribution < 1.29 is 4.74 Å². The highest BCUT2D eigenvalue weighted by molar-refractivity contribution is 14.1. The Morgan fingerprint density at radius 2 is 1.95 bits per heavy atom. The lowest BCUT2D eigenvalue weighted by molar-refractivity contribution is 0.407. The van der Waals surface area contributed by atoms with E-state index in [-0.39, 0.29) is 5.38 Å². The van der Waals surface area contributed by atoms with Gasteiger partial charge in [0.25, 0.3) is 0 Å². The number of hydrogen-bond donors (Lipinski definition) is 0. The van der Waals surface area contributed by atoms with E-state index in [1.807, 2.05) is 18.2 Å². The first kappa shape index (κ1) is 16.4. The molecule has 1 unspecified atom stereocenters. The summed E-state index contributed by atoms with van der Waals surface area (Å²) in [6, 6.07) is 9.75. The quantitative estimate of drug-likeness (QED) is 0.363. The minimum absolute atomic E-state index is 0.313. The normalized spacial score (nSPS) is 12.3. The van der Waals surface area contributed by atoms with Gasteiger partial charge in [-0.3, -0.25) is 0 Å². The average Bonchev–Trinajstić information content (AvgIpc) is 2.40. The predicted molar refractivity (Wildman–Crippen MR) is 97.3 cm³/mol.